The van der Waals surface area contributed by atoms with Gasteiger partial charge in [-0.05, 0) is 31.4 Å². The molecule has 4 heteroatoms. The van der Waals surface area contributed by atoms with Crippen LogP contribution in [0.4, 0.5) is 0 Å². The van der Waals surface area contributed by atoms with Crippen molar-refractivity contribution in [2.24, 2.45) is 5.92 Å². The van der Waals surface area contributed by atoms with Gasteiger partial charge in [0, 0.05) is 13.2 Å². The van der Waals surface area contributed by atoms with Gasteiger partial charge in [-0.1, -0.05) is 43.2 Å². The predicted molar refractivity (Wildman–Crippen MR) is 84.0 cm³/mol. The average Bonchev–Trinajstić information content (AvgIpc) is 3.06. The molecule has 0 spiro atoms. The molecule has 0 heterocycles. The van der Waals surface area contributed by atoms with E-state index >= 15 is 0 Å². The third-order valence-corrected chi connectivity index (χ3v) is 3.85. The molecule has 2 rings (SSSR count). The van der Waals surface area contributed by atoms with Gasteiger partial charge in [0.1, 0.15) is 6.61 Å². The molecule has 1 aliphatic carbocycles. The number of carbonyl (C=O) groups is 1. The van der Waals surface area contributed by atoms with Gasteiger partial charge in [-0.25, -0.2) is 0 Å². The molecule has 0 aliphatic heterocycles. The molecule has 1 saturated carbocycles. The molecule has 1 fully saturated rings. The average molecular weight is 293 g/mol. The van der Waals surface area contributed by atoms with Crippen molar-refractivity contribution in [2.75, 3.05) is 20.8 Å². The first-order valence-corrected chi connectivity index (χ1v) is 7.57. The number of hydrogen-bond donors (Lipinski definition) is 1. The number of carbonyl (C=O) groups excluding carboxylic acids is 1. The van der Waals surface area contributed by atoms with E-state index in [-0.39, 0.29) is 0 Å². The topological polar surface area (TPSA) is 47.6 Å². The third kappa shape index (κ3) is 7.25. The Labute approximate surface area is 127 Å². The van der Waals surface area contributed by atoms with E-state index in [0.717, 1.165) is 18.1 Å². The number of hydrogen-bond acceptors (Lipinski definition) is 4. The molecule has 4 nitrogen and oxygen atoms in total. The van der Waals surface area contributed by atoms with Crippen LogP contribution in [-0.4, -0.2) is 33.3 Å². The second-order valence-electron chi connectivity index (χ2n) is 5.29. The van der Waals surface area contributed by atoms with Crippen LogP contribution in [0.25, 0.3) is 0 Å². The van der Waals surface area contributed by atoms with E-state index in [2.05, 4.69) is 10.1 Å². The van der Waals surface area contributed by atoms with Crippen LogP contribution < -0.4 is 5.32 Å². The lowest BCUT2D eigenvalue weighted by Gasteiger charge is -2.21. The Morgan fingerprint density at radius 2 is 1.95 bits per heavy atom. The van der Waals surface area contributed by atoms with Crippen molar-refractivity contribution < 1.29 is 14.3 Å². The van der Waals surface area contributed by atoms with Gasteiger partial charge in [-0.2, -0.15) is 0 Å². The van der Waals surface area contributed by atoms with E-state index in [0.29, 0.717) is 19.1 Å². The van der Waals surface area contributed by atoms with Crippen LogP contribution in [0.5, 0.6) is 0 Å². The molecule has 1 aliphatic rings. The maximum absolute atomic E-state index is 9.76. The zero-order valence-corrected chi connectivity index (χ0v) is 13.1. The molecule has 1 aromatic carbocycles. The highest BCUT2D eigenvalue weighted by molar-refractivity contribution is 5.37. The largest absolute Gasteiger partial charge is 0.463 e. The maximum atomic E-state index is 9.76. The van der Waals surface area contributed by atoms with E-state index in [1.54, 1.807) is 7.11 Å². The molecule has 21 heavy (non-hydrogen) atoms. The Kier molecular flexibility index (Phi) is 9.49. The van der Waals surface area contributed by atoms with Crippen molar-refractivity contribution in [1.82, 2.24) is 5.32 Å². The molecule has 1 unspecified atom stereocenters. The standard InChI is InChI=1S/C9H19NO.C8H8O2/c1-10-9(7-11-2)8-5-3-4-6-8;9-7-10-6-8-4-2-1-3-5-8/h8-10H,3-7H2,1-2H3;1-5,7H,6H2. The summed E-state index contributed by atoms with van der Waals surface area (Å²) in [4.78, 5) is 9.76. The number of methoxy groups -OCH3 is 1. The Morgan fingerprint density at radius 1 is 1.29 bits per heavy atom. The second-order valence-corrected chi connectivity index (χ2v) is 5.29. The van der Waals surface area contributed by atoms with E-state index in [1.165, 1.54) is 25.7 Å². The van der Waals surface area contributed by atoms with Crippen molar-refractivity contribution in [1.29, 1.82) is 0 Å². The molecule has 1 N–H and O–H groups in total. The van der Waals surface area contributed by atoms with E-state index < -0.39 is 0 Å². The van der Waals surface area contributed by atoms with Gasteiger partial charge >= 0.3 is 0 Å². The number of nitrogens with one attached hydrogen (secondary N) is 1. The van der Waals surface area contributed by atoms with Crippen molar-refractivity contribution in [2.45, 2.75) is 38.3 Å². The van der Waals surface area contributed by atoms with Crippen LogP contribution in [0.1, 0.15) is 31.2 Å². The zero-order chi connectivity index (χ0) is 15.3. The normalized spacial score (nSPS) is 15.9. The molecule has 118 valence electrons. The summed E-state index contributed by atoms with van der Waals surface area (Å²) < 4.78 is 9.68. The van der Waals surface area contributed by atoms with Crippen molar-refractivity contribution >= 4 is 6.47 Å². The molecular weight excluding hydrogens is 266 g/mol. The van der Waals surface area contributed by atoms with Crippen LogP contribution in [0.15, 0.2) is 30.3 Å². The molecule has 1 aromatic rings. The van der Waals surface area contributed by atoms with Gasteiger partial charge < -0.3 is 14.8 Å². The van der Waals surface area contributed by atoms with Crippen molar-refractivity contribution in [3.05, 3.63) is 35.9 Å². The number of likely N-dealkylation sites (N-methyl/N-ethyl adjacent to an activating group) is 1. The Morgan fingerprint density at radius 3 is 2.48 bits per heavy atom. The molecular formula is C17H27NO3. The minimum Gasteiger partial charge on any atom is -0.463 e. The van der Waals surface area contributed by atoms with Gasteiger partial charge in [-0.15, -0.1) is 0 Å². The Bertz CT molecular complexity index is 364. The monoisotopic (exact) mass is 293 g/mol. The van der Waals surface area contributed by atoms with Gasteiger partial charge in [0.05, 0.1) is 6.61 Å². The summed E-state index contributed by atoms with van der Waals surface area (Å²) in [6.07, 6.45) is 5.59. The lowest BCUT2D eigenvalue weighted by molar-refractivity contribution is -0.129. The van der Waals surface area contributed by atoms with Gasteiger partial charge in [0.15, 0.2) is 0 Å². The maximum Gasteiger partial charge on any atom is 0.293 e. The van der Waals surface area contributed by atoms with Gasteiger partial charge in [-0.3, -0.25) is 4.79 Å². The van der Waals surface area contributed by atoms with E-state index in [4.69, 9.17) is 4.74 Å². The zero-order valence-electron chi connectivity index (χ0n) is 13.1. The molecule has 0 amide bonds. The first kappa shape index (κ1) is 17.7. The minimum atomic E-state index is 0.365. The van der Waals surface area contributed by atoms with E-state index in [1.807, 2.05) is 37.4 Å². The number of rotatable bonds is 7. The van der Waals surface area contributed by atoms with Gasteiger partial charge in [0.2, 0.25) is 0 Å². The quantitative estimate of drug-likeness (QED) is 0.785. The molecule has 0 saturated heterocycles. The molecule has 0 radical (unpaired) electrons. The summed E-state index contributed by atoms with van der Waals surface area (Å²) in [5.41, 5.74) is 1.01. The van der Waals surface area contributed by atoms with Crippen LogP contribution in [-0.2, 0) is 20.9 Å². The first-order chi connectivity index (χ1) is 10.3. The molecule has 1 atom stereocenters. The summed E-state index contributed by atoms with van der Waals surface area (Å²) >= 11 is 0. The van der Waals surface area contributed by atoms with Crippen molar-refractivity contribution in [3.63, 3.8) is 0 Å². The highest BCUT2D eigenvalue weighted by atomic mass is 16.5. The highest BCUT2D eigenvalue weighted by Crippen LogP contribution is 2.27. The molecule has 0 aromatic heterocycles. The van der Waals surface area contributed by atoms with Crippen molar-refractivity contribution in [3.8, 4) is 0 Å². The summed E-state index contributed by atoms with van der Waals surface area (Å²) in [5, 5.41) is 3.32. The smallest absolute Gasteiger partial charge is 0.293 e. The van der Waals surface area contributed by atoms with Crippen LogP contribution in [0.3, 0.4) is 0 Å². The van der Waals surface area contributed by atoms with Crippen LogP contribution in [0, 0.1) is 5.92 Å². The lowest BCUT2D eigenvalue weighted by Crippen LogP contribution is -2.36. The van der Waals surface area contributed by atoms with Crippen LogP contribution >= 0.6 is 0 Å². The summed E-state index contributed by atoms with van der Waals surface area (Å²) in [6, 6.07) is 10.1. The number of ether oxygens (including phenoxy) is 2. The predicted octanol–water partition coefficient (Wildman–Crippen LogP) is 2.77. The fourth-order valence-corrected chi connectivity index (χ4v) is 2.70. The molecule has 0 bridgehead atoms. The Balaban J connectivity index is 0.000000211. The van der Waals surface area contributed by atoms with Gasteiger partial charge in [0.25, 0.3) is 6.47 Å². The summed E-state index contributed by atoms with van der Waals surface area (Å²) in [5.74, 6) is 0.861. The van der Waals surface area contributed by atoms with Crippen LogP contribution in [0.2, 0.25) is 0 Å². The SMILES string of the molecule is CNC(COC)C1CCCC1.O=COCc1ccccc1. The summed E-state index contributed by atoms with van der Waals surface area (Å²) in [6.45, 7) is 1.68. The lowest BCUT2D eigenvalue weighted by atomic mass is 9.99. The minimum absolute atomic E-state index is 0.365. The fraction of sp³-hybridized carbons (Fsp3) is 0.588. The Hall–Kier alpha value is -1.39. The first-order valence-electron chi connectivity index (χ1n) is 7.57. The second kappa shape index (κ2) is 11.3. The third-order valence-electron chi connectivity index (χ3n) is 3.85. The number of benzene rings is 1. The summed E-state index contributed by atoms with van der Waals surface area (Å²) in [7, 11) is 3.81. The fourth-order valence-electron chi connectivity index (χ4n) is 2.70. The van der Waals surface area contributed by atoms with E-state index in [9.17, 15) is 4.79 Å². The highest BCUT2D eigenvalue weighted by Gasteiger charge is 2.23.